The Morgan fingerprint density at radius 2 is 1.60 bits per heavy atom. The van der Waals surface area contributed by atoms with Crippen molar-refractivity contribution < 1.29 is 23.5 Å². The third kappa shape index (κ3) is 3.90. The van der Waals surface area contributed by atoms with Gasteiger partial charge in [0.15, 0.2) is 24.4 Å². The number of aldehydes is 1. The van der Waals surface area contributed by atoms with Gasteiger partial charge in [0.25, 0.3) is 0 Å². The number of esters is 1. The number of Topliss-reactive ketones (excluding diaryl/α,β-unsaturated/α-hetero) is 1. The number of ketones is 1. The van der Waals surface area contributed by atoms with Crippen molar-refractivity contribution in [1.29, 1.82) is 0 Å². The normalized spacial score (nSPS) is 10.2. The van der Waals surface area contributed by atoms with E-state index in [0.717, 1.165) is 5.56 Å². The molecule has 3 aromatic rings. The molecule has 0 bridgehead atoms. The lowest BCUT2D eigenvalue weighted by Crippen LogP contribution is -2.14. The van der Waals surface area contributed by atoms with Gasteiger partial charge in [0.1, 0.15) is 5.76 Å². The molecule has 0 amide bonds. The van der Waals surface area contributed by atoms with Crippen molar-refractivity contribution in [2.24, 2.45) is 0 Å². The van der Waals surface area contributed by atoms with Gasteiger partial charge in [-0.05, 0) is 24.3 Å². The zero-order chi connectivity index (χ0) is 17.6. The van der Waals surface area contributed by atoms with Gasteiger partial charge in [-0.3, -0.25) is 9.59 Å². The SMILES string of the molecule is O=Cc1ccc(-c2ccc(C(=O)OCC(=O)c3ccccc3)cc2)o1. The average molecular weight is 334 g/mol. The molecule has 0 unspecified atom stereocenters. The highest BCUT2D eigenvalue weighted by Crippen LogP contribution is 2.22. The topological polar surface area (TPSA) is 73.6 Å². The Bertz CT molecular complexity index is 891. The molecule has 0 aliphatic rings. The Kier molecular flexibility index (Phi) is 4.85. The summed E-state index contributed by atoms with van der Waals surface area (Å²) in [5.41, 5.74) is 1.55. The van der Waals surface area contributed by atoms with Gasteiger partial charge >= 0.3 is 5.97 Å². The van der Waals surface area contributed by atoms with Crippen LogP contribution in [0.5, 0.6) is 0 Å². The zero-order valence-electron chi connectivity index (χ0n) is 13.2. The van der Waals surface area contributed by atoms with Gasteiger partial charge in [0, 0.05) is 11.1 Å². The van der Waals surface area contributed by atoms with E-state index in [1.165, 1.54) is 0 Å². The van der Waals surface area contributed by atoms with Crippen molar-refractivity contribution >= 4 is 18.0 Å². The van der Waals surface area contributed by atoms with Gasteiger partial charge in [-0.25, -0.2) is 4.79 Å². The van der Waals surface area contributed by atoms with Crippen LogP contribution in [0, 0.1) is 0 Å². The molecule has 0 aliphatic carbocycles. The lowest BCUT2D eigenvalue weighted by atomic mass is 10.1. The van der Waals surface area contributed by atoms with Crippen molar-refractivity contribution in [3.63, 3.8) is 0 Å². The van der Waals surface area contributed by atoms with E-state index >= 15 is 0 Å². The highest BCUT2D eigenvalue weighted by molar-refractivity contribution is 5.99. The van der Waals surface area contributed by atoms with E-state index in [-0.39, 0.29) is 18.2 Å². The van der Waals surface area contributed by atoms with Crippen LogP contribution in [0.4, 0.5) is 0 Å². The van der Waals surface area contributed by atoms with E-state index in [1.807, 2.05) is 0 Å². The second-order valence-electron chi connectivity index (χ2n) is 5.26. The number of rotatable bonds is 6. The molecular weight excluding hydrogens is 320 g/mol. The summed E-state index contributed by atoms with van der Waals surface area (Å²) in [4.78, 5) is 34.6. The van der Waals surface area contributed by atoms with E-state index in [1.54, 1.807) is 66.7 Å². The predicted octanol–water partition coefficient (Wildman–Crippen LogP) is 3.80. The second-order valence-corrected chi connectivity index (χ2v) is 5.26. The molecule has 5 heteroatoms. The lowest BCUT2D eigenvalue weighted by molar-refractivity contribution is 0.0475. The van der Waals surface area contributed by atoms with Crippen LogP contribution in [-0.4, -0.2) is 24.6 Å². The maximum atomic E-state index is 12.0. The molecule has 5 nitrogen and oxygen atoms in total. The highest BCUT2D eigenvalue weighted by atomic mass is 16.5. The first kappa shape index (κ1) is 16.4. The van der Waals surface area contributed by atoms with Crippen molar-refractivity contribution in [2.75, 3.05) is 6.61 Å². The van der Waals surface area contributed by atoms with E-state index < -0.39 is 5.97 Å². The first-order chi connectivity index (χ1) is 12.2. The maximum absolute atomic E-state index is 12.0. The molecular formula is C20H14O5. The first-order valence-electron chi connectivity index (χ1n) is 7.58. The molecule has 1 heterocycles. The Morgan fingerprint density at radius 1 is 0.880 bits per heavy atom. The minimum Gasteiger partial charge on any atom is -0.454 e. The fraction of sp³-hybridized carbons (Fsp3) is 0.0500. The van der Waals surface area contributed by atoms with Crippen LogP contribution in [0.1, 0.15) is 31.3 Å². The summed E-state index contributed by atoms with van der Waals surface area (Å²) in [5, 5.41) is 0. The molecule has 0 aliphatic heterocycles. The average Bonchev–Trinajstić information content (AvgIpc) is 3.16. The van der Waals surface area contributed by atoms with Crippen molar-refractivity contribution in [2.45, 2.75) is 0 Å². The van der Waals surface area contributed by atoms with Crippen LogP contribution in [-0.2, 0) is 4.74 Å². The molecule has 25 heavy (non-hydrogen) atoms. The second kappa shape index (κ2) is 7.40. The molecule has 124 valence electrons. The number of furan rings is 1. The van der Waals surface area contributed by atoms with Gasteiger partial charge in [-0.1, -0.05) is 42.5 Å². The van der Waals surface area contributed by atoms with E-state index in [2.05, 4.69) is 0 Å². The Morgan fingerprint density at radius 3 is 2.24 bits per heavy atom. The van der Waals surface area contributed by atoms with Crippen LogP contribution < -0.4 is 0 Å². The van der Waals surface area contributed by atoms with Crippen molar-refractivity contribution in [3.05, 3.63) is 83.6 Å². The molecule has 0 saturated carbocycles. The number of carbonyl (C=O) groups excluding carboxylic acids is 3. The van der Waals surface area contributed by atoms with Gasteiger partial charge in [-0.15, -0.1) is 0 Å². The number of benzene rings is 2. The molecule has 0 spiro atoms. The molecule has 2 aromatic carbocycles. The standard InChI is InChI=1S/C20H14O5/c21-12-17-10-11-19(25-17)15-6-8-16(9-7-15)20(23)24-13-18(22)14-4-2-1-3-5-14/h1-12H,13H2. The van der Waals surface area contributed by atoms with Crippen molar-refractivity contribution in [1.82, 2.24) is 0 Å². The summed E-state index contributed by atoms with van der Waals surface area (Å²) in [6.07, 6.45) is 0.624. The maximum Gasteiger partial charge on any atom is 0.338 e. The van der Waals surface area contributed by atoms with Gasteiger partial charge in [-0.2, -0.15) is 0 Å². The highest BCUT2D eigenvalue weighted by Gasteiger charge is 2.12. The molecule has 0 radical (unpaired) electrons. The Labute approximate surface area is 143 Å². The quantitative estimate of drug-likeness (QED) is 0.389. The number of carbonyl (C=O) groups is 3. The summed E-state index contributed by atoms with van der Waals surface area (Å²) in [7, 11) is 0. The van der Waals surface area contributed by atoms with Crippen LogP contribution in [0.2, 0.25) is 0 Å². The number of ether oxygens (including phenoxy) is 1. The van der Waals surface area contributed by atoms with Crippen LogP contribution in [0.3, 0.4) is 0 Å². The van der Waals surface area contributed by atoms with Gasteiger partial charge < -0.3 is 9.15 Å². The summed E-state index contributed by atoms with van der Waals surface area (Å²) < 4.78 is 10.4. The third-order valence-electron chi connectivity index (χ3n) is 3.58. The fourth-order valence-electron chi connectivity index (χ4n) is 2.26. The largest absolute Gasteiger partial charge is 0.454 e. The van der Waals surface area contributed by atoms with Crippen LogP contribution in [0.15, 0.2) is 71.1 Å². The van der Waals surface area contributed by atoms with Crippen LogP contribution >= 0.6 is 0 Å². The molecule has 0 N–H and O–H groups in total. The molecule has 0 fully saturated rings. The van der Waals surface area contributed by atoms with Crippen LogP contribution in [0.25, 0.3) is 11.3 Å². The molecule has 0 saturated heterocycles. The minimum atomic E-state index is -0.580. The zero-order valence-corrected chi connectivity index (χ0v) is 13.2. The third-order valence-corrected chi connectivity index (χ3v) is 3.58. The summed E-state index contributed by atoms with van der Waals surface area (Å²) in [5.74, 6) is -0.0782. The van der Waals surface area contributed by atoms with E-state index in [4.69, 9.17) is 9.15 Å². The first-order valence-corrected chi connectivity index (χ1v) is 7.58. The predicted molar refractivity (Wildman–Crippen MR) is 90.6 cm³/mol. The number of hydrogen-bond donors (Lipinski definition) is 0. The minimum absolute atomic E-state index is 0.234. The lowest BCUT2D eigenvalue weighted by Gasteiger charge is -2.05. The Balaban J connectivity index is 1.62. The van der Waals surface area contributed by atoms with Crippen molar-refractivity contribution in [3.8, 4) is 11.3 Å². The smallest absolute Gasteiger partial charge is 0.338 e. The summed E-state index contributed by atoms with van der Waals surface area (Å²) >= 11 is 0. The van der Waals surface area contributed by atoms with Gasteiger partial charge in [0.05, 0.1) is 5.56 Å². The fourth-order valence-corrected chi connectivity index (χ4v) is 2.26. The molecule has 3 rings (SSSR count). The van der Waals surface area contributed by atoms with E-state index in [0.29, 0.717) is 23.2 Å². The number of hydrogen-bond acceptors (Lipinski definition) is 5. The van der Waals surface area contributed by atoms with Gasteiger partial charge in [0.2, 0.25) is 0 Å². The summed E-state index contributed by atoms with van der Waals surface area (Å²) in [6.45, 7) is -0.314. The van der Waals surface area contributed by atoms with E-state index in [9.17, 15) is 14.4 Å². The molecule has 0 atom stereocenters. The summed E-state index contributed by atoms with van der Waals surface area (Å²) in [6, 6.07) is 18.4. The monoisotopic (exact) mass is 334 g/mol. The molecule has 1 aromatic heterocycles. The Hall–Kier alpha value is -3.47.